The molecule has 2 aliphatic heterocycles. The van der Waals surface area contributed by atoms with Gasteiger partial charge in [-0.25, -0.2) is 9.97 Å². The number of fused-ring (bicyclic) bond motifs is 2. The van der Waals surface area contributed by atoms with Crippen LogP contribution in [0.1, 0.15) is 35.8 Å². The van der Waals surface area contributed by atoms with Crippen LogP contribution in [0.2, 0.25) is 9.62 Å². The van der Waals surface area contributed by atoms with Crippen molar-refractivity contribution in [1.82, 2.24) is 14.9 Å². The minimum atomic E-state index is -0.163. The Morgan fingerprint density at radius 2 is 2.17 bits per heavy atom. The van der Waals surface area contributed by atoms with Crippen LogP contribution in [0.15, 0.2) is 18.5 Å². The molecule has 0 bridgehead atoms. The van der Waals surface area contributed by atoms with E-state index < -0.39 is 0 Å². The number of likely N-dealkylation sites (tertiary alicyclic amines) is 1. The smallest absolute Gasteiger partial charge is 0.222 e. The van der Waals surface area contributed by atoms with Crippen molar-refractivity contribution in [2.75, 3.05) is 13.2 Å². The highest BCUT2D eigenvalue weighted by Crippen LogP contribution is 2.47. The van der Waals surface area contributed by atoms with Crippen molar-refractivity contribution in [3.8, 4) is 0 Å². The summed E-state index contributed by atoms with van der Waals surface area (Å²) in [5, 5.41) is 0.293. The molecule has 1 spiro atoms. The van der Waals surface area contributed by atoms with Crippen LogP contribution in [0.5, 0.6) is 0 Å². The highest BCUT2D eigenvalue weighted by Gasteiger charge is 2.44. The Bertz CT molecular complexity index is 736. The first-order valence-corrected chi connectivity index (χ1v) is 9.76. The Kier molecular flexibility index (Phi) is 4.56. The zero-order valence-corrected chi connectivity index (χ0v) is 15.8. The first-order chi connectivity index (χ1) is 11.6. The number of rotatable bonds is 2. The van der Waals surface area contributed by atoms with Crippen molar-refractivity contribution < 1.29 is 4.74 Å². The predicted molar refractivity (Wildman–Crippen MR) is 96.8 cm³/mol. The van der Waals surface area contributed by atoms with E-state index >= 15 is 0 Å². The SMILES string of the molecule is C[C@H]1C[C@@]2(CCN1Cc1cnc(Cl)nc1)OCCc1sc(Cl)cc12. The molecule has 0 aromatic carbocycles. The first kappa shape index (κ1) is 16.7. The van der Waals surface area contributed by atoms with Crippen LogP contribution in [0.25, 0.3) is 0 Å². The molecule has 0 radical (unpaired) electrons. The van der Waals surface area contributed by atoms with Crippen LogP contribution in [0.3, 0.4) is 0 Å². The van der Waals surface area contributed by atoms with Crippen molar-refractivity contribution >= 4 is 34.5 Å². The number of halogens is 2. The van der Waals surface area contributed by atoms with E-state index in [1.165, 1.54) is 10.4 Å². The van der Waals surface area contributed by atoms with Gasteiger partial charge < -0.3 is 4.74 Å². The second-order valence-electron chi connectivity index (χ2n) is 6.61. The summed E-state index contributed by atoms with van der Waals surface area (Å²) in [4.78, 5) is 12.0. The number of aromatic nitrogens is 2. The lowest BCUT2D eigenvalue weighted by Crippen LogP contribution is -2.50. The molecule has 2 aromatic heterocycles. The van der Waals surface area contributed by atoms with Crippen LogP contribution in [-0.4, -0.2) is 34.1 Å². The zero-order chi connectivity index (χ0) is 16.7. The number of nitrogens with zero attached hydrogens (tertiary/aromatic N) is 3. The van der Waals surface area contributed by atoms with Gasteiger partial charge in [-0.1, -0.05) is 11.6 Å². The Balaban J connectivity index is 1.51. The Labute approximate surface area is 155 Å². The standard InChI is InChI=1S/C17H19Cl2N3OS/c1-11-7-17(13-6-15(18)24-14(13)2-5-23-17)3-4-22(11)10-12-8-20-16(19)21-9-12/h6,8-9,11H,2-5,7,10H2,1H3/t11-,17+/m0/s1. The number of hydrogen-bond acceptors (Lipinski definition) is 5. The molecule has 2 aromatic rings. The Morgan fingerprint density at radius 3 is 2.92 bits per heavy atom. The van der Waals surface area contributed by atoms with E-state index in [9.17, 15) is 0 Å². The molecular weight excluding hydrogens is 365 g/mol. The molecule has 24 heavy (non-hydrogen) atoms. The Hall–Kier alpha value is -0.720. The maximum absolute atomic E-state index is 6.31. The monoisotopic (exact) mass is 383 g/mol. The molecule has 0 aliphatic carbocycles. The van der Waals surface area contributed by atoms with Gasteiger partial charge in [0.25, 0.3) is 0 Å². The van der Waals surface area contributed by atoms with E-state index in [0.717, 1.165) is 48.9 Å². The lowest BCUT2D eigenvalue weighted by atomic mass is 9.79. The highest BCUT2D eigenvalue weighted by molar-refractivity contribution is 7.16. The minimum absolute atomic E-state index is 0.163. The maximum Gasteiger partial charge on any atom is 0.222 e. The zero-order valence-electron chi connectivity index (χ0n) is 13.5. The fraction of sp³-hybridized carbons (Fsp3) is 0.529. The summed E-state index contributed by atoms with van der Waals surface area (Å²) in [5.41, 5.74) is 2.25. The quantitative estimate of drug-likeness (QED) is 0.724. The molecule has 0 unspecified atom stereocenters. The molecule has 2 aliphatic rings. The molecule has 4 heterocycles. The van der Waals surface area contributed by atoms with Crippen LogP contribution < -0.4 is 0 Å². The molecule has 4 rings (SSSR count). The van der Waals surface area contributed by atoms with Crippen molar-refractivity contribution in [1.29, 1.82) is 0 Å². The largest absolute Gasteiger partial charge is 0.370 e. The highest BCUT2D eigenvalue weighted by atomic mass is 35.5. The van der Waals surface area contributed by atoms with Gasteiger partial charge >= 0.3 is 0 Å². The van der Waals surface area contributed by atoms with Gasteiger partial charge in [0.1, 0.15) is 0 Å². The maximum atomic E-state index is 6.31. The molecule has 2 atom stereocenters. The van der Waals surface area contributed by atoms with E-state index in [1.807, 2.05) is 0 Å². The summed E-state index contributed by atoms with van der Waals surface area (Å²) in [5.74, 6) is 0. The van der Waals surface area contributed by atoms with E-state index in [0.29, 0.717) is 11.3 Å². The number of ether oxygens (including phenoxy) is 1. The van der Waals surface area contributed by atoms with E-state index in [2.05, 4.69) is 27.9 Å². The molecule has 1 saturated heterocycles. The van der Waals surface area contributed by atoms with Crippen molar-refractivity contribution in [2.45, 2.75) is 44.4 Å². The van der Waals surface area contributed by atoms with Gasteiger partial charge in [-0.2, -0.15) is 0 Å². The van der Waals surface area contributed by atoms with Crippen LogP contribution in [0, 0.1) is 0 Å². The van der Waals surface area contributed by atoms with E-state index in [-0.39, 0.29) is 5.60 Å². The molecule has 0 saturated carbocycles. The van der Waals surface area contributed by atoms with Gasteiger partial charge in [-0.15, -0.1) is 11.3 Å². The van der Waals surface area contributed by atoms with Crippen LogP contribution >= 0.6 is 34.5 Å². The third-order valence-electron chi connectivity index (χ3n) is 5.09. The van der Waals surface area contributed by atoms with Gasteiger partial charge in [0, 0.05) is 48.4 Å². The normalized spacial score (nSPS) is 27.4. The first-order valence-electron chi connectivity index (χ1n) is 8.19. The fourth-order valence-corrected chi connectivity index (χ4v) is 5.34. The molecule has 7 heteroatoms. The topological polar surface area (TPSA) is 38.2 Å². The van der Waals surface area contributed by atoms with E-state index in [4.69, 9.17) is 27.9 Å². The molecule has 4 nitrogen and oxygen atoms in total. The number of piperidine rings is 1. The van der Waals surface area contributed by atoms with Gasteiger partial charge in [-0.3, -0.25) is 4.90 Å². The summed E-state index contributed by atoms with van der Waals surface area (Å²) in [6.07, 6.45) is 6.57. The lowest BCUT2D eigenvalue weighted by molar-refractivity contribution is -0.112. The summed E-state index contributed by atoms with van der Waals surface area (Å²) in [6, 6.07) is 2.54. The second-order valence-corrected chi connectivity index (χ2v) is 8.72. The van der Waals surface area contributed by atoms with Crippen molar-refractivity contribution in [2.24, 2.45) is 0 Å². The summed E-state index contributed by atoms with van der Waals surface area (Å²) < 4.78 is 7.18. The third kappa shape index (κ3) is 3.08. The molecule has 0 amide bonds. The van der Waals surface area contributed by atoms with Gasteiger partial charge in [0.05, 0.1) is 16.5 Å². The van der Waals surface area contributed by atoms with Gasteiger partial charge in [0.15, 0.2) is 0 Å². The predicted octanol–water partition coefficient (Wildman–Crippen LogP) is 4.30. The van der Waals surface area contributed by atoms with Crippen LogP contribution in [0.4, 0.5) is 0 Å². The molecular formula is C17H19Cl2N3OS. The summed E-state index contributed by atoms with van der Waals surface area (Å²) >= 11 is 13.7. The molecule has 0 N–H and O–H groups in total. The Morgan fingerprint density at radius 1 is 1.38 bits per heavy atom. The summed E-state index contributed by atoms with van der Waals surface area (Å²) in [6.45, 7) is 4.88. The van der Waals surface area contributed by atoms with Gasteiger partial charge in [-0.05, 0) is 43.0 Å². The second kappa shape index (κ2) is 6.54. The average Bonchev–Trinajstić information content (AvgIpc) is 2.94. The average molecular weight is 384 g/mol. The number of hydrogen-bond donors (Lipinski definition) is 0. The van der Waals surface area contributed by atoms with Gasteiger partial charge in [0.2, 0.25) is 5.28 Å². The number of thiophene rings is 1. The van der Waals surface area contributed by atoms with Crippen molar-refractivity contribution in [3.05, 3.63) is 44.1 Å². The summed E-state index contributed by atoms with van der Waals surface area (Å²) in [7, 11) is 0. The minimum Gasteiger partial charge on any atom is -0.370 e. The molecule has 128 valence electrons. The van der Waals surface area contributed by atoms with E-state index in [1.54, 1.807) is 23.7 Å². The fourth-order valence-electron chi connectivity index (χ4n) is 3.90. The molecule has 1 fully saturated rings. The van der Waals surface area contributed by atoms with Crippen molar-refractivity contribution in [3.63, 3.8) is 0 Å². The third-order valence-corrected chi connectivity index (χ3v) is 6.61. The van der Waals surface area contributed by atoms with Crippen LogP contribution in [-0.2, 0) is 23.3 Å². The lowest BCUT2D eigenvalue weighted by Gasteiger charge is -2.47.